The third-order valence-electron chi connectivity index (χ3n) is 3.92. The molecule has 3 aliphatic rings. The number of nitrogens with two attached hydrogens (primary N) is 1. The highest BCUT2D eigenvalue weighted by Crippen LogP contribution is 2.51. The maximum Gasteiger partial charge on any atom is 0.311 e. The van der Waals surface area contributed by atoms with Crippen molar-refractivity contribution in [2.24, 2.45) is 11.1 Å². The van der Waals surface area contributed by atoms with Gasteiger partial charge < -0.3 is 10.5 Å². The Morgan fingerprint density at radius 1 is 1.15 bits per heavy atom. The molecule has 13 heavy (non-hydrogen) atoms. The Labute approximate surface area is 78.6 Å². The van der Waals surface area contributed by atoms with Crippen LogP contribution in [0.1, 0.15) is 38.5 Å². The van der Waals surface area contributed by atoms with Crippen molar-refractivity contribution in [1.82, 2.24) is 0 Å². The minimum absolute atomic E-state index is 0.0192. The van der Waals surface area contributed by atoms with E-state index in [9.17, 15) is 4.79 Å². The molecular weight excluding hydrogens is 166 g/mol. The fraction of sp³-hybridized carbons (Fsp3) is 0.900. The topological polar surface area (TPSA) is 52.3 Å². The summed E-state index contributed by atoms with van der Waals surface area (Å²) in [6.07, 6.45) is 5.74. The van der Waals surface area contributed by atoms with Gasteiger partial charge in [0.1, 0.15) is 0 Å². The van der Waals surface area contributed by atoms with Gasteiger partial charge in [-0.1, -0.05) is 0 Å². The third-order valence-corrected chi connectivity index (χ3v) is 3.92. The van der Waals surface area contributed by atoms with Crippen LogP contribution in [0, 0.1) is 5.41 Å². The standard InChI is InChI=1S/C10H17NO2/c1-13-8(12)9-2-5-10(11,6-3-9)7-4-9/h2-7,11H2,1H3. The molecule has 3 saturated carbocycles. The summed E-state index contributed by atoms with van der Waals surface area (Å²) in [4.78, 5) is 11.6. The highest BCUT2D eigenvalue weighted by molar-refractivity contribution is 5.77. The molecule has 0 spiro atoms. The van der Waals surface area contributed by atoms with Crippen LogP contribution in [0.4, 0.5) is 0 Å². The number of hydrogen-bond donors (Lipinski definition) is 1. The average Bonchev–Trinajstić information content (AvgIpc) is 2.18. The third kappa shape index (κ3) is 1.26. The van der Waals surface area contributed by atoms with E-state index in [4.69, 9.17) is 10.5 Å². The Kier molecular flexibility index (Phi) is 1.88. The molecule has 0 unspecified atom stereocenters. The molecule has 3 fully saturated rings. The molecule has 0 amide bonds. The predicted octanol–water partition coefficient (Wildman–Crippen LogP) is 1.21. The highest BCUT2D eigenvalue weighted by atomic mass is 16.5. The number of fused-ring (bicyclic) bond motifs is 3. The van der Waals surface area contributed by atoms with E-state index in [2.05, 4.69) is 0 Å². The van der Waals surface area contributed by atoms with Gasteiger partial charge in [0, 0.05) is 5.54 Å². The van der Waals surface area contributed by atoms with E-state index in [1.54, 1.807) is 0 Å². The summed E-state index contributed by atoms with van der Waals surface area (Å²) in [5.41, 5.74) is 6.01. The Balaban J connectivity index is 2.15. The average molecular weight is 183 g/mol. The lowest BCUT2D eigenvalue weighted by atomic mass is 9.57. The minimum Gasteiger partial charge on any atom is -0.469 e. The first-order chi connectivity index (χ1) is 6.10. The summed E-state index contributed by atoms with van der Waals surface area (Å²) in [7, 11) is 1.48. The van der Waals surface area contributed by atoms with Crippen LogP contribution in [0.15, 0.2) is 0 Å². The van der Waals surface area contributed by atoms with Crippen LogP contribution in [0.2, 0.25) is 0 Å². The number of carbonyl (C=O) groups is 1. The molecule has 0 atom stereocenters. The van der Waals surface area contributed by atoms with Crippen LogP contribution < -0.4 is 5.73 Å². The molecule has 0 aromatic carbocycles. The van der Waals surface area contributed by atoms with Crippen molar-refractivity contribution in [3.8, 4) is 0 Å². The van der Waals surface area contributed by atoms with Crippen molar-refractivity contribution in [1.29, 1.82) is 0 Å². The van der Waals surface area contributed by atoms with Crippen LogP contribution in [-0.4, -0.2) is 18.6 Å². The first kappa shape index (κ1) is 9.00. The summed E-state index contributed by atoms with van der Waals surface area (Å²) < 4.78 is 4.86. The summed E-state index contributed by atoms with van der Waals surface area (Å²) >= 11 is 0. The Morgan fingerprint density at radius 2 is 1.62 bits per heavy atom. The monoisotopic (exact) mass is 183 g/mol. The second-order valence-corrected chi connectivity index (χ2v) is 4.63. The zero-order chi connectivity index (χ0) is 9.53. The molecule has 3 heteroatoms. The first-order valence-corrected chi connectivity index (χ1v) is 4.98. The molecule has 0 aliphatic heterocycles. The summed E-state index contributed by atoms with van der Waals surface area (Å²) in [6, 6.07) is 0. The van der Waals surface area contributed by atoms with Gasteiger partial charge in [0.15, 0.2) is 0 Å². The normalized spacial score (nSPS) is 43.2. The van der Waals surface area contributed by atoms with E-state index in [1.165, 1.54) is 7.11 Å². The van der Waals surface area contributed by atoms with Crippen molar-refractivity contribution in [2.75, 3.05) is 7.11 Å². The van der Waals surface area contributed by atoms with Gasteiger partial charge >= 0.3 is 5.97 Å². The lowest BCUT2D eigenvalue weighted by Crippen LogP contribution is -2.54. The Bertz CT molecular complexity index is 213. The predicted molar refractivity (Wildman–Crippen MR) is 49.1 cm³/mol. The summed E-state index contributed by atoms with van der Waals surface area (Å²) in [5.74, 6) is -0.0192. The van der Waals surface area contributed by atoms with Crippen LogP contribution >= 0.6 is 0 Å². The van der Waals surface area contributed by atoms with Gasteiger partial charge in [-0.05, 0) is 38.5 Å². The van der Waals surface area contributed by atoms with E-state index < -0.39 is 0 Å². The van der Waals surface area contributed by atoms with Gasteiger partial charge in [0.05, 0.1) is 12.5 Å². The van der Waals surface area contributed by atoms with Crippen molar-refractivity contribution in [3.63, 3.8) is 0 Å². The molecule has 3 aliphatic carbocycles. The maximum atomic E-state index is 11.6. The second-order valence-electron chi connectivity index (χ2n) is 4.63. The molecule has 2 bridgehead atoms. The van der Waals surface area contributed by atoms with Gasteiger partial charge in [-0.2, -0.15) is 0 Å². The van der Waals surface area contributed by atoms with Crippen LogP contribution in [0.5, 0.6) is 0 Å². The van der Waals surface area contributed by atoms with Crippen molar-refractivity contribution in [2.45, 2.75) is 44.1 Å². The largest absolute Gasteiger partial charge is 0.469 e. The molecule has 0 heterocycles. The zero-order valence-corrected chi connectivity index (χ0v) is 8.14. The van der Waals surface area contributed by atoms with Gasteiger partial charge in [-0.25, -0.2) is 0 Å². The second kappa shape index (κ2) is 2.71. The molecule has 0 radical (unpaired) electrons. The van der Waals surface area contributed by atoms with E-state index in [1.807, 2.05) is 0 Å². The van der Waals surface area contributed by atoms with E-state index in [-0.39, 0.29) is 16.9 Å². The number of esters is 1. The lowest BCUT2D eigenvalue weighted by Gasteiger charge is -2.49. The van der Waals surface area contributed by atoms with Gasteiger partial charge in [-0.3, -0.25) is 4.79 Å². The zero-order valence-electron chi connectivity index (χ0n) is 8.14. The van der Waals surface area contributed by atoms with E-state index >= 15 is 0 Å². The smallest absolute Gasteiger partial charge is 0.311 e. The van der Waals surface area contributed by atoms with Crippen LogP contribution in [-0.2, 0) is 9.53 Å². The number of carbonyl (C=O) groups excluding carboxylic acids is 1. The number of hydrogen-bond acceptors (Lipinski definition) is 3. The fourth-order valence-electron chi connectivity index (χ4n) is 2.74. The molecule has 74 valence electrons. The van der Waals surface area contributed by atoms with Crippen molar-refractivity contribution < 1.29 is 9.53 Å². The fourth-order valence-corrected chi connectivity index (χ4v) is 2.74. The Hall–Kier alpha value is -0.570. The van der Waals surface area contributed by atoms with Crippen molar-refractivity contribution >= 4 is 5.97 Å². The quantitative estimate of drug-likeness (QED) is 0.622. The molecular formula is C10H17NO2. The van der Waals surface area contributed by atoms with E-state index in [0.717, 1.165) is 38.5 Å². The lowest BCUT2D eigenvalue weighted by molar-refractivity contribution is -0.159. The van der Waals surface area contributed by atoms with E-state index in [0.29, 0.717) is 0 Å². The van der Waals surface area contributed by atoms with Gasteiger partial charge in [0.2, 0.25) is 0 Å². The SMILES string of the molecule is COC(=O)C12CCC(N)(CC1)CC2. The molecule has 0 aromatic heterocycles. The van der Waals surface area contributed by atoms with Gasteiger partial charge in [0.25, 0.3) is 0 Å². The van der Waals surface area contributed by atoms with Crippen molar-refractivity contribution in [3.05, 3.63) is 0 Å². The van der Waals surface area contributed by atoms with Crippen LogP contribution in [0.25, 0.3) is 0 Å². The summed E-state index contributed by atoms with van der Waals surface area (Å²) in [5, 5.41) is 0. The summed E-state index contributed by atoms with van der Waals surface area (Å²) in [6.45, 7) is 0. The molecule has 2 N–H and O–H groups in total. The minimum atomic E-state index is -0.171. The molecule has 0 saturated heterocycles. The Morgan fingerprint density at radius 3 is 2.00 bits per heavy atom. The molecule has 3 nitrogen and oxygen atoms in total. The molecule has 0 aromatic rings. The molecule has 3 rings (SSSR count). The van der Waals surface area contributed by atoms with Gasteiger partial charge in [-0.15, -0.1) is 0 Å². The highest BCUT2D eigenvalue weighted by Gasteiger charge is 2.51. The number of ether oxygens (including phenoxy) is 1. The number of rotatable bonds is 1. The maximum absolute atomic E-state index is 11.6. The number of methoxy groups -OCH3 is 1. The van der Waals surface area contributed by atoms with Crippen LogP contribution in [0.3, 0.4) is 0 Å². The first-order valence-electron chi connectivity index (χ1n) is 4.98.